The van der Waals surface area contributed by atoms with E-state index in [0.717, 1.165) is 45.6 Å². The highest BCUT2D eigenvalue weighted by molar-refractivity contribution is 5.01. The summed E-state index contributed by atoms with van der Waals surface area (Å²) in [6.45, 7) is 5.08. The molecule has 0 aromatic carbocycles. The first-order chi connectivity index (χ1) is 7.29. The van der Waals surface area contributed by atoms with Gasteiger partial charge in [0.15, 0.2) is 0 Å². The highest BCUT2D eigenvalue weighted by atomic mass is 16.5. The van der Waals surface area contributed by atoms with Crippen LogP contribution in [0.4, 0.5) is 0 Å². The molecule has 0 aromatic heterocycles. The summed E-state index contributed by atoms with van der Waals surface area (Å²) in [7, 11) is 0. The first-order valence-electron chi connectivity index (χ1n) is 6.31. The molecule has 0 aromatic rings. The third kappa shape index (κ3) is 1.61. The van der Waals surface area contributed by atoms with Crippen molar-refractivity contribution in [2.75, 3.05) is 32.8 Å². The van der Waals surface area contributed by atoms with E-state index in [9.17, 15) is 5.11 Å². The molecular weight excluding hydrogens is 190 g/mol. The zero-order chi connectivity index (χ0) is 10.3. The summed E-state index contributed by atoms with van der Waals surface area (Å²) in [4.78, 5) is 2.49. The van der Waals surface area contributed by atoms with E-state index < -0.39 is 5.60 Å². The third-order valence-electron chi connectivity index (χ3n) is 4.68. The molecule has 86 valence electrons. The summed E-state index contributed by atoms with van der Waals surface area (Å²) in [5, 5.41) is 10.9. The maximum Gasteiger partial charge on any atom is 0.0750 e. The topological polar surface area (TPSA) is 32.7 Å². The van der Waals surface area contributed by atoms with Crippen LogP contribution in [0.25, 0.3) is 0 Å². The first kappa shape index (κ1) is 10.1. The highest BCUT2D eigenvalue weighted by Crippen LogP contribution is 2.42. The number of rotatable bonds is 1. The lowest BCUT2D eigenvalue weighted by Gasteiger charge is -2.45. The van der Waals surface area contributed by atoms with Crippen molar-refractivity contribution >= 4 is 0 Å². The molecule has 0 amide bonds. The van der Waals surface area contributed by atoms with Crippen LogP contribution in [0.1, 0.15) is 25.7 Å². The SMILES string of the molecule is OC1(C2CCCOC2)CCN2CCC1C2. The van der Waals surface area contributed by atoms with Crippen LogP contribution in [0, 0.1) is 11.8 Å². The molecule has 3 heterocycles. The quantitative estimate of drug-likeness (QED) is 0.698. The zero-order valence-electron chi connectivity index (χ0n) is 9.32. The maximum atomic E-state index is 10.9. The second kappa shape index (κ2) is 3.72. The van der Waals surface area contributed by atoms with Gasteiger partial charge in [-0.15, -0.1) is 0 Å². The molecule has 4 atom stereocenters. The van der Waals surface area contributed by atoms with Gasteiger partial charge in [-0.2, -0.15) is 0 Å². The number of piperidine rings is 1. The van der Waals surface area contributed by atoms with E-state index >= 15 is 0 Å². The van der Waals surface area contributed by atoms with Gasteiger partial charge in [-0.25, -0.2) is 0 Å². The number of fused-ring (bicyclic) bond motifs is 2. The van der Waals surface area contributed by atoms with Crippen LogP contribution in [0.15, 0.2) is 0 Å². The number of aliphatic hydroxyl groups is 1. The van der Waals surface area contributed by atoms with Crippen LogP contribution in [-0.2, 0) is 4.74 Å². The molecule has 1 N–H and O–H groups in total. The van der Waals surface area contributed by atoms with Gasteiger partial charge in [-0.3, -0.25) is 0 Å². The standard InChI is InChI=1S/C12H21NO2/c14-12(11-2-1-7-15-9-11)4-6-13-5-3-10(12)8-13/h10-11,14H,1-9H2. The summed E-state index contributed by atoms with van der Waals surface area (Å²) in [6.07, 6.45) is 4.44. The molecule has 3 heteroatoms. The molecule has 3 aliphatic rings. The van der Waals surface area contributed by atoms with Crippen molar-refractivity contribution in [2.24, 2.45) is 11.8 Å². The molecule has 4 unspecified atom stereocenters. The molecule has 3 fully saturated rings. The van der Waals surface area contributed by atoms with Crippen LogP contribution in [0.2, 0.25) is 0 Å². The van der Waals surface area contributed by atoms with E-state index in [1.54, 1.807) is 0 Å². The molecule has 0 spiro atoms. The molecule has 0 saturated carbocycles. The predicted molar refractivity (Wildman–Crippen MR) is 57.7 cm³/mol. The van der Waals surface area contributed by atoms with E-state index in [2.05, 4.69) is 4.90 Å². The van der Waals surface area contributed by atoms with Gasteiger partial charge in [0, 0.05) is 31.5 Å². The van der Waals surface area contributed by atoms with Crippen molar-refractivity contribution in [2.45, 2.75) is 31.3 Å². The first-order valence-corrected chi connectivity index (χ1v) is 6.31. The van der Waals surface area contributed by atoms with Crippen molar-refractivity contribution in [3.63, 3.8) is 0 Å². The van der Waals surface area contributed by atoms with Crippen LogP contribution in [-0.4, -0.2) is 48.5 Å². The van der Waals surface area contributed by atoms with Crippen molar-refractivity contribution in [1.29, 1.82) is 0 Å². The summed E-state index contributed by atoms with van der Waals surface area (Å²) in [6, 6.07) is 0. The van der Waals surface area contributed by atoms with E-state index in [1.165, 1.54) is 13.0 Å². The minimum absolute atomic E-state index is 0.400. The summed E-state index contributed by atoms with van der Waals surface area (Å²) in [5.74, 6) is 0.912. The largest absolute Gasteiger partial charge is 0.389 e. The number of hydrogen-bond donors (Lipinski definition) is 1. The van der Waals surface area contributed by atoms with Gasteiger partial charge in [0.05, 0.1) is 12.2 Å². The molecule has 2 bridgehead atoms. The van der Waals surface area contributed by atoms with Gasteiger partial charge in [0.25, 0.3) is 0 Å². The maximum absolute atomic E-state index is 10.9. The van der Waals surface area contributed by atoms with Gasteiger partial charge in [-0.05, 0) is 32.2 Å². The van der Waals surface area contributed by atoms with Gasteiger partial charge in [-0.1, -0.05) is 0 Å². The molecule has 3 rings (SSSR count). The average molecular weight is 211 g/mol. The molecule has 3 nitrogen and oxygen atoms in total. The normalized spacial score (nSPS) is 50.6. The number of hydrogen-bond acceptors (Lipinski definition) is 3. The van der Waals surface area contributed by atoms with Crippen LogP contribution in [0.5, 0.6) is 0 Å². The molecular formula is C12H21NO2. The number of nitrogens with zero attached hydrogens (tertiary/aromatic N) is 1. The van der Waals surface area contributed by atoms with Gasteiger partial charge < -0.3 is 14.7 Å². The highest BCUT2D eigenvalue weighted by Gasteiger charge is 2.49. The Hall–Kier alpha value is -0.120. The Morgan fingerprint density at radius 2 is 2.13 bits per heavy atom. The van der Waals surface area contributed by atoms with Crippen LogP contribution < -0.4 is 0 Å². The zero-order valence-corrected chi connectivity index (χ0v) is 9.32. The van der Waals surface area contributed by atoms with Crippen molar-refractivity contribution in [1.82, 2.24) is 4.90 Å². The third-order valence-corrected chi connectivity index (χ3v) is 4.68. The van der Waals surface area contributed by atoms with E-state index in [1.807, 2.05) is 0 Å². The van der Waals surface area contributed by atoms with Gasteiger partial charge in [0.1, 0.15) is 0 Å². The van der Waals surface area contributed by atoms with Gasteiger partial charge in [0.2, 0.25) is 0 Å². The monoisotopic (exact) mass is 211 g/mol. The minimum atomic E-state index is -0.409. The molecule has 0 radical (unpaired) electrons. The molecule has 0 aliphatic carbocycles. The van der Waals surface area contributed by atoms with Gasteiger partial charge >= 0.3 is 0 Å². The molecule has 15 heavy (non-hydrogen) atoms. The van der Waals surface area contributed by atoms with Crippen molar-refractivity contribution in [3.05, 3.63) is 0 Å². The second-order valence-electron chi connectivity index (χ2n) is 5.44. The fourth-order valence-corrected chi connectivity index (χ4v) is 3.66. The van der Waals surface area contributed by atoms with E-state index in [-0.39, 0.29) is 0 Å². The Morgan fingerprint density at radius 1 is 1.20 bits per heavy atom. The van der Waals surface area contributed by atoms with E-state index in [4.69, 9.17) is 4.74 Å². The lowest BCUT2D eigenvalue weighted by atomic mass is 9.71. The Labute approximate surface area is 91.4 Å². The van der Waals surface area contributed by atoms with Crippen LogP contribution >= 0.6 is 0 Å². The van der Waals surface area contributed by atoms with Crippen molar-refractivity contribution in [3.8, 4) is 0 Å². The Kier molecular flexibility index (Phi) is 2.49. The van der Waals surface area contributed by atoms with Crippen LogP contribution in [0.3, 0.4) is 0 Å². The predicted octanol–water partition coefficient (Wildman–Crippen LogP) is 0.870. The Morgan fingerprint density at radius 3 is 2.93 bits per heavy atom. The Balaban J connectivity index is 1.76. The second-order valence-corrected chi connectivity index (χ2v) is 5.44. The fraction of sp³-hybridized carbons (Fsp3) is 1.00. The summed E-state index contributed by atoms with van der Waals surface area (Å²) >= 11 is 0. The lowest BCUT2D eigenvalue weighted by molar-refractivity contribution is -0.128. The minimum Gasteiger partial charge on any atom is -0.389 e. The lowest BCUT2D eigenvalue weighted by Crippen LogP contribution is -2.53. The van der Waals surface area contributed by atoms with E-state index in [0.29, 0.717) is 11.8 Å². The summed E-state index contributed by atoms with van der Waals surface area (Å²) < 4.78 is 5.53. The average Bonchev–Trinajstić information content (AvgIpc) is 2.71. The number of ether oxygens (including phenoxy) is 1. The fourth-order valence-electron chi connectivity index (χ4n) is 3.66. The smallest absolute Gasteiger partial charge is 0.0750 e. The van der Waals surface area contributed by atoms with Crippen molar-refractivity contribution < 1.29 is 9.84 Å². The summed E-state index contributed by atoms with van der Waals surface area (Å²) in [5.41, 5.74) is -0.409. The molecule has 3 saturated heterocycles. The molecule has 3 aliphatic heterocycles. The Bertz CT molecular complexity index is 240.